The van der Waals surface area contributed by atoms with Crippen molar-refractivity contribution in [2.24, 2.45) is 0 Å². The molecule has 0 aliphatic carbocycles. The van der Waals surface area contributed by atoms with Gasteiger partial charge >= 0.3 is 11.9 Å². The molecule has 16 heteroatoms. The first-order valence-electron chi connectivity index (χ1n) is 17.9. The summed E-state index contributed by atoms with van der Waals surface area (Å²) in [5.41, 5.74) is -1.62. The zero-order valence-corrected chi connectivity index (χ0v) is 32.5. The molecule has 0 saturated heterocycles. The number of unbranched alkanes of at least 4 members (excludes halogenated alkanes) is 6. The number of carbonyl (C=O) groups is 2. The van der Waals surface area contributed by atoms with Gasteiger partial charge in [0.2, 0.25) is 7.44 Å². The van der Waals surface area contributed by atoms with E-state index in [9.17, 15) is 14.2 Å². The molecule has 51 heavy (non-hydrogen) atoms. The van der Waals surface area contributed by atoms with Gasteiger partial charge in [0.25, 0.3) is 5.95 Å². The first-order chi connectivity index (χ1) is 24.1. The largest absolute Gasteiger partial charge is 0.464 e. The van der Waals surface area contributed by atoms with E-state index in [4.69, 9.17) is 23.7 Å². The van der Waals surface area contributed by atoms with Crippen molar-refractivity contribution in [1.29, 1.82) is 0 Å². The summed E-state index contributed by atoms with van der Waals surface area (Å²) in [5.74, 6) is 0.816. The van der Waals surface area contributed by atoms with E-state index in [1.807, 2.05) is 6.92 Å². The lowest BCUT2D eigenvalue weighted by molar-refractivity contribution is -0.149. The number of imidazole rings is 1. The third-order valence-corrected chi connectivity index (χ3v) is 10.5. The summed E-state index contributed by atoms with van der Waals surface area (Å²) in [6.07, 6.45) is 9.85. The number of carbonyl (C=O) groups excluding carboxylic acids is 2. The molecule has 1 aliphatic heterocycles. The van der Waals surface area contributed by atoms with Crippen molar-refractivity contribution in [2.75, 3.05) is 31.4 Å². The Kier molecular flexibility index (Phi) is 15.9. The summed E-state index contributed by atoms with van der Waals surface area (Å²) in [6.45, 7) is 19.0. The van der Waals surface area contributed by atoms with Crippen molar-refractivity contribution < 1.29 is 37.8 Å². The molecular weight excluding hydrogens is 677 g/mol. The molecule has 1 aliphatic rings. The molecule has 3 rings (SSSR count). The van der Waals surface area contributed by atoms with Gasteiger partial charge in [-0.25, -0.2) is 25.1 Å². The van der Waals surface area contributed by atoms with Gasteiger partial charge in [0, 0.05) is 0 Å². The maximum atomic E-state index is 14.6. The van der Waals surface area contributed by atoms with Crippen LogP contribution in [0.1, 0.15) is 107 Å². The molecule has 2 aromatic heterocycles. The lowest BCUT2D eigenvalue weighted by atomic mass is 10.1. The van der Waals surface area contributed by atoms with Crippen LogP contribution in [0.5, 0.6) is 0 Å². The molecule has 0 spiro atoms. The molecule has 0 fully saturated rings. The van der Waals surface area contributed by atoms with Crippen LogP contribution in [0.2, 0.25) is 0 Å². The predicted molar refractivity (Wildman–Crippen MR) is 195 cm³/mol. The zero-order chi connectivity index (χ0) is 37.7. The van der Waals surface area contributed by atoms with Crippen LogP contribution in [0.15, 0.2) is 36.7 Å². The fourth-order valence-electron chi connectivity index (χ4n) is 5.32. The Balaban J connectivity index is 1.71. The van der Waals surface area contributed by atoms with Crippen LogP contribution in [0, 0.1) is 0 Å². The second-order valence-electron chi connectivity index (χ2n) is 13.9. The number of hydrogen-bond acceptors (Lipinski definition) is 12. The fraction of sp³-hybridized carbons (Fsp3) is 0.686. The minimum atomic E-state index is -3.82. The molecule has 0 amide bonds. The Bertz CT molecular complexity index is 1510. The van der Waals surface area contributed by atoms with Gasteiger partial charge in [0.05, 0.1) is 38.7 Å². The molecule has 0 radical (unpaired) electrons. The summed E-state index contributed by atoms with van der Waals surface area (Å²) in [6, 6.07) is 0. The van der Waals surface area contributed by atoms with Crippen LogP contribution in [-0.2, 0) is 44.4 Å². The number of fused-ring (bicyclic) bond motifs is 1. The first-order valence-corrected chi connectivity index (χ1v) is 19.8. The minimum Gasteiger partial charge on any atom is -0.464 e. The number of rotatable bonds is 24. The molecule has 2 aromatic rings. The third-order valence-electron chi connectivity index (χ3n) is 8.11. The van der Waals surface area contributed by atoms with Crippen LogP contribution >= 0.6 is 7.44 Å². The Morgan fingerprint density at radius 3 is 2.04 bits per heavy atom. The summed E-state index contributed by atoms with van der Waals surface area (Å²) in [5, 5.41) is 9.15. The van der Waals surface area contributed by atoms with Crippen LogP contribution in [-0.4, -0.2) is 74.7 Å². The van der Waals surface area contributed by atoms with Gasteiger partial charge in [-0.3, -0.25) is 14.2 Å². The standard InChI is InChI=1S/C35H58N7O8P/c1-10-12-14-16-18-46-32(43)34(6,7)40-51(45,41-35(8,9)33(44)47-19-17-15-13-11-2)24-48-25(3)21-42-23-39-29-30(37-22-38-31(29)42)36-20-28-26(4)49-27(5)50-28/h22-23,25H,5,10-21,24H2,1-4,6-9H3,(H,36,37,38)(H2,40,41,45)/t25-/m1/s1. The highest BCUT2D eigenvalue weighted by Gasteiger charge is 2.43. The van der Waals surface area contributed by atoms with E-state index in [-0.39, 0.29) is 25.5 Å². The van der Waals surface area contributed by atoms with E-state index < -0.39 is 36.6 Å². The smallest absolute Gasteiger partial charge is 0.326 e. The molecule has 15 nitrogen and oxygen atoms in total. The second-order valence-corrected chi connectivity index (χ2v) is 16.1. The second kappa shape index (κ2) is 19.4. The van der Waals surface area contributed by atoms with Crippen LogP contribution in [0.25, 0.3) is 11.2 Å². The number of nitrogens with one attached hydrogen (secondary N) is 3. The van der Waals surface area contributed by atoms with Crippen LogP contribution < -0.4 is 15.5 Å². The molecule has 3 N–H and O–H groups in total. The number of anilines is 1. The Morgan fingerprint density at radius 1 is 0.922 bits per heavy atom. The number of aromatic nitrogens is 4. The van der Waals surface area contributed by atoms with Crippen molar-refractivity contribution in [3.63, 3.8) is 0 Å². The number of esters is 2. The quantitative estimate of drug-likeness (QED) is 0.0603. The normalized spacial score (nSPS) is 14.4. The maximum absolute atomic E-state index is 14.6. The van der Waals surface area contributed by atoms with Crippen molar-refractivity contribution in [1.82, 2.24) is 29.7 Å². The Labute approximate surface area is 302 Å². The van der Waals surface area contributed by atoms with Gasteiger partial charge in [-0.2, -0.15) is 0 Å². The third kappa shape index (κ3) is 12.9. The maximum Gasteiger partial charge on any atom is 0.326 e. The average Bonchev–Trinajstić information content (AvgIpc) is 3.62. The van der Waals surface area contributed by atoms with Crippen molar-refractivity contribution in [3.05, 3.63) is 36.7 Å². The van der Waals surface area contributed by atoms with Gasteiger partial charge in [0.15, 0.2) is 17.2 Å². The molecule has 0 unspecified atom stereocenters. The monoisotopic (exact) mass is 735 g/mol. The molecule has 0 aromatic carbocycles. The van der Waals surface area contributed by atoms with Gasteiger partial charge < -0.3 is 33.6 Å². The summed E-state index contributed by atoms with van der Waals surface area (Å²) < 4.78 is 44.5. The van der Waals surface area contributed by atoms with E-state index in [1.54, 1.807) is 45.5 Å². The van der Waals surface area contributed by atoms with E-state index in [0.29, 0.717) is 41.6 Å². The molecule has 3 heterocycles. The predicted octanol–water partition coefficient (Wildman–Crippen LogP) is 6.53. The van der Waals surface area contributed by atoms with Crippen LogP contribution in [0.4, 0.5) is 5.82 Å². The Hall–Kier alpha value is -3.52. The molecular formula is C35H58N7O8P. The number of ether oxygens (including phenoxy) is 5. The van der Waals surface area contributed by atoms with Crippen molar-refractivity contribution in [3.8, 4) is 0 Å². The van der Waals surface area contributed by atoms with E-state index >= 15 is 0 Å². The zero-order valence-electron chi connectivity index (χ0n) is 31.6. The van der Waals surface area contributed by atoms with Gasteiger partial charge in [-0.05, 0) is 61.0 Å². The lowest BCUT2D eigenvalue weighted by Gasteiger charge is -2.35. The summed E-state index contributed by atoms with van der Waals surface area (Å²) in [4.78, 5) is 39.5. The van der Waals surface area contributed by atoms with E-state index in [1.165, 1.54) is 6.33 Å². The average molecular weight is 736 g/mol. The van der Waals surface area contributed by atoms with Gasteiger partial charge in [0.1, 0.15) is 35.0 Å². The fourth-order valence-corrected chi connectivity index (χ4v) is 7.96. The van der Waals surface area contributed by atoms with Gasteiger partial charge in [-0.15, -0.1) is 0 Å². The topological polar surface area (TPSA) is 177 Å². The lowest BCUT2D eigenvalue weighted by Crippen LogP contribution is -2.54. The number of nitrogens with zero attached hydrogens (tertiary/aromatic N) is 4. The highest BCUT2D eigenvalue weighted by molar-refractivity contribution is 7.59. The Morgan fingerprint density at radius 2 is 1.51 bits per heavy atom. The minimum absolute atomic E-state index is 0.216. The summed E-state index contributed by atoms with van der Waals surface area (Å²) in [7, 11) is -3.82. The number of hydrogen-bond donors (Lipinski definition) is 3. The summed E-state index contributed by atoms with van der Waals surface area (Å²) >= 11 is 0. The number of allylic oxidation sites excluding steroid dienone is 1. The van der Waals surface area contributed by atoms with Crippen LogP contribution in [0.3, 0.4) is 0 Å². The van der Waals surface area contributed by atoms with Crippen molar-refractivity contribution in [2.45, 2.75) is 130 Å². The molecule has 1 atom stereocenters. The van der Waals surface area contributed by atoms with E-state index in [0.717, 1.165) is 51.4 Å². The first kappa shape index (κ1) is 41.9. The SMILES string of the molecule is C=C1OC(C)=C(CNc2ncnc3c2ncn3C[C@@H](C)OCP(=O)(NC(C)(C)C(=O)OCCCCCC)NC(C)(C)C(=O)OCCCCCC)O1. The van der Waals surface area contributed by atoms with Gasteiger partial charge in [-0.1, -0.05) is 52.4 Å². The van der Waals surface area contributed by atoms with Crippen molar-refractivity contribution >= 4 is 36.4 Å². The highest BCUT2D eigenvalue weighted by atomic mass is 31.2. The van der Waals surface area contributed by atoms with E-state index in [2.05, 4.69) is 50.9 Å². The molecule has 0 bridgehead atoms. The molecule has 0 saturated carbocycles. The highest BCUT2D eigenvalue weighted by Crippen LogP contribution is 2.42. The molecule has 286 valence electrons.